The normalized spacial score (nSPS) is 13.0. The first kappa shape index (κ1) is 12.9. The first-order chi connectivity index (χ1) is 9.58. The minimum atomic E-state index is -0.911. The molecule has 0 aliphatic carbocycles. The number of aromatic nitrogens is 2. The monoisotopic (exact) mass is 274 g/mol. The van der Waals surface area contributed by atoms with Crippen LogP contribution in [0.2, 0.25) is 0 Å². The summed E-state index contributed by atoms with van der Waals surface area (Å²) in [5.74, 6) is 0.0639. The Kier molecular flexibility index (Phi) is 3.06. The van der Waals surface area contributed by atoms with E-state index in [9.17, 15) is 9.50 Å². The fourth-order valence-electron chi connectivity index (χ4n) is 2.35. The first-order valence-corrected chi connectivity index (χ1v) is 6.50. The van der Waals surface area contributed by atoms with Crippen LogP contribution in [0.5, 0.6) is 0 Å². The number of nitrogens with zero attached hydrogens (tertiary/aromatic N) is 2. The van der Waals surface area contributed by atoms with E-state index in [1.165, 1.54) is 12.1 Å². The third-order valence-corrected chi connectivity index (χ3v) is 3.28. The second-order valence-corrected chi connectivity index (χ2v) is 4.76. The highest BCUT2D eigenvalue weighted by Crippen LogP contribution is 2.29. The molecule has 0 saturated carbocycles. The summed E-state index contributed by atoms with van der Waals surface area (Å²) in [7, 11) is 0. The third-order valence-electron chi connectivity index (χ3n) is 3.28. The molecule has 0 amide bonds. The van der Waals surface area contributed by atoms with Gasteiger partial charge in [-0.15, -0.1) is 0 Å². The summed E-state index contributed by atoms with van der Waals surface area (Å²) in [5.41, 5.74) is 2.06. The standard InChI is InChI=1S/C15H15FN2O2/c1-3-18-12(6-9(2)17-18)15(19)14-8-10-7-11(16)4-5-13(10)20-14/h4-8,15,19H,3H2,1-2H3. The fraction of sp³-hybridized carbons (Fsp3) is 0.267. The van der Waals surface area contributed by atoms with Crippen LogP contribution in [0.4, 0.5) is 4.39 Å². The molecule has 5 heteroatoms. The van der Waals surface area contributed by atoms with Gasteiger partial charge in [0.15, 0.2) is 6.10 Å². The van der Waals surface area contributed by atoms with Crippen molar-refractivity contribution in [2.45, 2.75) is 26.5 Å². The number of hydrogen-bond donors (Lipinski definition) is 1. The molecule has 0 spiro atoms. The van der Waals surface area contributed by atoms with Crippen LogP contribution in [0, 0.1) is 12.7 Å². The van der Waals surface area contributed by atoms with E-state index in [2.05, 4.69) is 5.10 Å². The number of halogens is 1. The molecule has 2 aromatic heterocycles. The van der Waals surface area contributed by atoms with Gasteiger partial charge < -0.3 is 9.52 Å². The second kappa shape index (κ2) is 4.76. The predicted molar refractivity (Wildman–Crippen MR) is 72.9 cm³/mol. The summed E-state index contributed by atoms with van der Waals surface area (Å²) in [4.78, 5) is 0. The van der Waals surface area contributed by atoms with Crippen molar-refractivity contribution in [1.29, 1.82) is 0 Å². The lowest BCUT2D eigenvalue weighted by Gasteiger charge is -2.09. The van der Waals surface area contributed by atoms with Gasteiger partial charge >= 0.3 is 0 Å². The Balaban J connectivity index is 2.05. The third kappa shape index (κ3) is 2.10. The van der Waals surface area contributed by atoms with Crippen LogP contribution < -0.4 is 0 Å². The fourth-order valence-corrected chi connectivity index (χ4v) is 2.35. The maximum absolute atomic E-state index is 13.2. The van der Waals surface area contributed by atoms with Gasteiger partial charge in [-0.25, -0.2) is 4.39 Å². The van der Waals surface area contributed by atoms with Crippen LogP contribution in [0.1, 0.15) is 30.2 Å². The summed E-state index contributed by atoms with van der Waals surface area (Å²) < 4.78 is 20.5. The molecule has 4 nitrogen and oxygen atoms in total. The summed E-state index contributed by atoms with van der Waals surface area (Å²) in [6.07, 6.45) is -0.911. The van der Waals surface area contributed by atoms with Crippen molar-refractivity contribution >= 4 is 11.0 Å². The van der Waals surface area contributed by atoms with E-state index in [0.717, 1.165) is 5.69 Å². The van der Waals surface area contributed by atoms with Crippen molar-refractivity contribution in [1.82, 2.24) is 9.78 Å². The number of aryl methyl sites for hydroxylation is 2. The molecule has 1 unspecified atom stereocenters. The maximum atomic E-state index is 13.2. The van der Waals surface area contributed by atoms with Crippen molar-refractivity contribution < 1.29 is 13.9 Å². The Bertz CT molecular complexity index is 760. The molecule has 0 aliphatic heterocycles. The van der Waals surface area contributed by atoms with Crippen molar-refractivity contribution in [3.63, 3.8) is 0 Å². The average molecular weight is 274 g/mol. The number of aliphatic hydroxyl groups is 1. The van der Waals surface area contributed by atoms with Gasteiger partial charge in [0, 0.05) is 11.9 Å². The lowest BCUT2D eigenvalue weighted by molar-refractivity contribution is 0.181. The van der Waals surface area contributed by atoms with E-state index < -0.39 is 6.10 Å². The van der Waals surface area contributed by atoms with Gasteiger partial charge in [0.2, 0.25) is 0 Å². The molecule has 1 aromatic carbocycles. The Hall–Kier alpha value is -2.14. The van der Waals surface area contributed by atoms with Crippen molar-refractivity contribution in [3.05, 3.63) is 53.3 Å². The number of fused-ring (bicyclic) bond motifs is 1. The van der Waals surface area contributed by atoms with E-state index in [1.807, 2.05) is 19.9 Å². The van der Waals surface area contributed by atoms with Gasteiger partial charge in [0.1, 0.15) is 17.2 Å². The van der Waals surface area contributed by atoms with E-state index >= 15 is 0 Å². The van der Waals surface area contributed by atoms with E-state index in [4.69, 9.17) is 4.42 Å². The molecule has 0 aliphatic rings. The van der Waals surface area contributed by atoms with Crippen LogP contribution in [-0.4, -0.2) is 14.9 Å². The summed E-state index contributed by atoms with van der Waals surface area (Å²) >= 11 is 0. The van der Waals surface area contributed by atoms with E-state index in [1.54, 1.807) is 16.8 Å². The highest BCUT2D eigenvalue weighted by Gasteiger charge is 2.20. The van der Waals surface area contributed by atoms with Gasteiger partial charge in [-0.05, 0) is 44.2 Å². The zero-order chi connectivity index (χ0) is 14.3. The number of furan rings is 1. The zero-order valence-corrected chi connectivity index (χ0v) is 11.3. The molecule has 2 heterocycles. The molecular weight excluding hydrogens is 259 g/mol. The number of aliphatic hydroxyl groups excluding tert-OH is 1. The minimum Gasteiger partial charge on any atom is -0.458 e. The lowest BCUT2D eigenvalue weighted by Crippen LogP contribution is -2.08. The van der Waals surface area contributed by atoms with Crippen LogP contribution in [0.15, 0.2) is 34.7 Å². The highest BCUT2D eigenvalue weighted by atomic mass is 19.1. The SMILES string of the molecule is CCn1nc(C)cc1C(O)c1cc2cc(F)ccc2o1. The molecule has 0 saturated heterocycles. The van der Waals surface area contributed by atoms with E-state index in [0.29, 0.717) is 29.0 Å². The molecule has 20 heavy (non-hydrogen) atoms. The summed E-state index contributed by atoms with van der Waals surface area (Å²) in [6, 6.07) is 7.76. The van der Waals surface area contributed by atoms with Crippen LogP contribution in [-0.2, 0) is 6.54 Å². The average Bonchev–Trinajstić information content (AvgIpc) is 3.00. The van der Waals surface area contributed by atoms with Crippen molar-refractivity contribution in [2.24, 2.45) is 0 Å². The van der Waals surface area contributed by atoms with Gasteiger partial charge in [-0.1, -0.05) is 0 Å². The molecule has 0 radical (unpaired) electrons. The maximum Gasteiger partial charge on any atom is 0.153 e. The molecule has 3 rings (SSSR count). The number of hydrogen-bond acceptors (Lipinski definition) is 3. The van der Waals surface area contributed by atoms with Gasteiger partial charge in [0.25, 0.3) is 0 Å². The van der Waals surface area contributed by atoms with Crippen LogP contribution in [0.25, 0.3) is 11.0 Å². The predicted octanol–water partition coefficient (Wildman–Crippen LogP) is 3.18. The Labute approximate surface area is 115 Å². The Morgan fingerprint density at radius 2 is 2.15 bits per heavy atom. The molecule has 1 N–H and O–H groups in total. The van der Waals surface area contributed by atoms with E-state index in [-0.39, 0.29) is 5.82 Å². The molecule has 0 fully saturated rings. The van der Waals surface area contributed by atoms with Crippen LogP contribution >= 0.6 is 0 Å². The molecule has 0 bridgehead atoms. The van der Waals surface area contributed by atoms with Gasteiger partial charge in [-0.2, -0.15) is 5.10 Å². The minimum absolute atomic E-state index is 0.325. The largest absolute Gasteiger partial charge is 0.458 e. The topological polar surface area (TPSA) is 51.2 Å². The van der Waals surface area contributed by atoms with Crippen molar-refractivity contribution in [3.8, 4) is 0 Å². The Morgan fingerprint density at radius 3 is 2.90 bits per heavy atom. The molecular formula is C15H15FN2O2. The number of rotatable bonds is 3. The van der Waals surface area contributed by atoms with Gasteiger partial charge in [0.05, 0.1) is 11.4 Å². The summed E-state index contributed by atoms with van der Waals surface area (Å²) in [6.45, 7) is 4.49. The molecule has 3 aromatic rings. The highest BCUT2D eigenvalue weighted by molar-refractivity contribution is 5.78. The second-order valence-electron chi connectivity index (χ2n) is 4.76. The summed E-state index contributed by atoms with van der Waals surface area (Å²) in [5, 5.41) is 15.4. The molecule has 104 valence electrons. The van der Waals surface area contributed by atoms with Crippen molar-refractivity contribution in [2.75, 3.05) is 0 Å². The number of benzene rings is 1. The smallest absolute Gasteiger partial charge is 0.153 e. The molecule has 1 atom stereocenters. The lowest BCUT2D eigenvalue weighted by atomic mass is 10.1. The zero-order valence-electron chi connectivity index (χ0n) is 11.3. The van der Waals surface area contributed by atoms with Gasteiger partial charge in [-0.3, -0.25) is 4.68 Å². The quantitative estimate of drug-likeness (QED) is 0.798. The van der Waals surface area contributed by atoms with Crippen LogP contribution in [0.3, 0.4) is 0 Å². The Morgan fingerprint density at radius 1 is 1.35 bits per heavy atom. The first-order valence-electron chi connectivity index (χ1n) is 6.50.